The third-order valence-corrected chi connectivity index (χ3v) is 4.30. The van der Waals surface area contributed by atoms with Crippen molar-refractivity contribution in [3.05, 3.63) is 41.3 Å². The van der Waals surface area contributed by atoms with E-state index in [1.165, 1.54) is 29.5 Å². The van der Waals surface area contributed by atoms with E-state index in [1.807, 2.05) is 0 Å². The molecule has 8 heteroatoms. The standard InChI is InChI=1S/C16H16F3NO3S/c1-2-22-15(21)9-12(20)14-7-6-13(24-14)10-4-3-5-11(8-10)23-16(17,18)19/h3-8,12H,2,9,20H2,1H3/t12-/m0/s1. The normalized spacial score (nSPS) is 12.7. The van der Waals surface area contributed by atoms with Gasteiger partial charge in [0.1, 0.15) is 5.75 Å². The van der Waals surface area contributed by atoms with Gasteiger partial charge in [-0.3, -0.25) is 4.79 Å². The summed E-state index contributed by atoms with van der Waals surface area (Å²) in [7, 11) is 0. The van der Waals surface area contributed by atoms with Gasteiger partial charge in [-0.1, -0.05) is 12.1 Å². The van der Waals surface area contributed by atoms with Gasteiger partial charge in [-0.15, -0.1) is 24.5 Å². The Labute approximate surface area is 141 Å². The van der Waals surface area contributed by atoms with Gasteiger partial charge in [0.2, 0.25) is 0 Å². The van der Waals surface area contributed by atoms with Crippen LogP contribution in [0.5, 0.6) is 5.75 Å². The average molecular weight is 359 g/mol. The molecule has 2 N–H and O–H groups in total. The van der Waals surface area contributed by atoms with Crippen molar-refractivity contribution in [1.82, 2.24) is 0 Å². The topological polar surface area (TPSA) is 61.5 Å². The van der Waals surface area contributed by atoms with E-state index in [9.17, 15) is 18.0 Å². The van der Waals surface area contributed by atoms with Crippen LogP contribution in [0.2, 0.25) is 0 Å². The molecule has 0 radical (unpaired) electrons. The number of alkyl halides is 3. The summed E-state index contributed by atoms with van der Waals surface area (Å²) in [5, 5.41) is 0. The van der Waals surface area contributed by atoms with Crippen LogP contribution >= 0.6 is 11.3 Å². The van der Waals surface area contributed by atoms with E-state index in [-0.39, 0.29) is 24.7 Å². The Morgan fingerprint density at radius 3 is 2.71 bits per heavy atom. The van der Waals surface area contributed by atoms with Gasteiger partial charge in [-0.25, -0.2) is 0 Å². The van der Waals surface area contributed by atoms with Gasteiger partial charge >= 0.3 is 12.3 Å². The maximum absolute atomic E-state index is 12.3. The van der Waals surface area contributed by atoms with E-state index < -0.39 is 12.4 Å². The molecule has 4 nitrogen and oxygen atoms in total. The van der Waals surface area contributed by atoms with E-state index in [0.29, 0.717) is 5.56 Å². The molecule has 0 aliphatic rings. The molecule has 2 aromatic rings. The van der Waals surface area contributed by atoms with Gasteiger partial charge in [0.15, 0.2) is 0 Å². The van der Waals surface area contributed by atoms with E-state index in [4.69, 9.17) is 10.5 Å². The number of carbonyl (C=O) groups is 1. The third kappa shape index (κ3) is 5.24. The van der Waals surface area contributed by atoms with Crippen molar-refractivity contribution in [1.29, 1.82) is 0 Å². The predicted octanol–water partition coefficient (Wildman–Crippen LogP) is 4.27. The molecule has 1 aromatic heterocycles. The number of hydrogen-bond acceptors (Lipinski definition) is 5. The van der Waals surface area contributed by atoms with E-state index in [2.05, 4.69) is 4.74 Å². The smallest absolute Gasteiger partial charge is 0.466 e. The molecule has 0 aliphatic heterocycles. The molecule has 1 atom stereocenters. The molecule has 0 amide bonds. The molecule has 0 spiro atoms. The first-order valence-electron chi connectivity index (χ1n) is 7.15. The lowest BCUT2D eigenvalue weighted by molar-refractivity contribution is -0.274. The molecule has 0 fully saturated rings. The molecule has 0 bridgehead atoms. The molecule has 130 valence electrons. The Hall–Kier alpha value is -2.06. The fourth-order valence-corrected chi connectivity index (χ4v) is 3.06. The fourth-order valence-electron chi connectivity index (χ4n) is 2.05. The van der Waals surface area contributed by atoms with Crippen LogP contribution in [0.4, 0.5) is 13.2 Å². The Balaban J connectivity index is 2.13. The monoisotopic (exact) mass is 359 g/mol. The summed E-state index contributed by atoms with van der Waals surface area (Å²) < 4.78 is 45.6. The Morgan fingerprint density at radius 2 is 2.04 bits per heavy atom. The molecule has 0 saturated heterocycles. The molecule has 2 rings (SSSR count). The van der Waals surface area contributed by atoms with Gasteiger partial charge in [-0.05, 0) is 36.8 Å². The summed E-state index contributed by atoms with van der Waals surface area (Å²) in [6.45, 7) is 2.00. The Morgan fingerprint density at radius 1 is 1.29 bits per heavy atom. The van der Waals surface area contributed by atoms with Gasteiger partial charge < -0.3 is 15.2 Å². The minimum atomic E-state index is -4.73. The van der Waals surface area contributed by atoms with Gasteiger partial charge in [0, 0.05) is 15.8 Å². The number of carbonyl (C=O) groups excluding carboxylic acids is 1. The van der Waals surface area contributed by atoms with Crippen LogP contribution in [0.15, 0.2) is 36.4 Å². The number of rotatable bonds is 6. The van der Waals surface area contributed by atoms with Crippen molar-refractivity contribution in [2.45, 2.75) is 25.7 Å². The second-order valence-electron chi connectivity index (χ2n) is 4.89. The number of halogens is 3. The fraction of sp³-hybridized carbons (Fsp3) is 0.312. The minimum absolute atomic E-state index is 0.0466. The summed E-state index contributed by atoms with van der Waals surface area (Å²) in [6, 6.07) is 8.68. The first kappa shape index (κ1) is 18.3. The highest BCUT2D eigenvalue weighted by atomic mass is 32.1. The van der Waals surface area contributed by atoms with Crippen LogP contribution in [-0.4, -0.2) is 18.9 Å². The summed E-state index contributed by atoms with van der Waals surface area (Å²) >= 11 is 1.31. The van der Waals surface area contributed by atoms with Crippen LogP contribution < -0.4 is 10.5 Å². The summed E-state index contributed by atoms with van der Waals surface area (Å²) in [6.07, 6.45) is -4.69. The maximum Gasteiger partial charge on any atom is 0.573 e. The lowest BCUT2D eigenvalue weighted by atomic mass is 10.1. The van der Waals surface area contributed by atoms with Gasteiger partial charge in [0.25, 0.3) is 0 Å². The molecule has 0 unspecified atom stereocenters. The number of nitrogens with two attached hydrogens (primary N) is 1. The quantitative estimate of drug-likeness (QED) is 0.783. The first-order valence-corrected chi connectivity index (χ1v) is 7.97. The highest BCUT2D eigenvalue weighted by molar-refractivity contribution is 7.15. The van der Waals surface area contributed by atoms with Crippen molar-refractivity contribution < 1.29 is 27.4 Å². The van der Waals surface area contributed by atoms with Crippen molar-refractivity contribution >= 4 is 17.3 Å². The number of thiophene rings is 1. The summed E-state index contributed by atoms with van der Waals surface area (Å²) in [5.74, 6) is -0.675. The molecule has 0 aliphatic carbocycles. The number of esters is 1. The molecule has 24 heavy (non-hydrogen) atoms. The number of benzene rings is 1. The van der Waals surface area contributed by atoms with Gasteiger partial charge in [0.05, 0.1) is 13.0 Å². The number of hydrogen-bond donors (Lipinski definition) is 1. The molecular weight excluding hydrogens is 343 g/mol. The number of ether oxygens (including phenoxy) is 2. The lowest BCUT2D eigenvalue weighted by Gasteiger charge is -2.10. The van der Waals surface area contributed by atoms with E-state index in [0.717, 1.165) is 9.75 Å². The Bertz CT molecular complexity index is 700. The van der Waals surface area contributed by atoms with E-state index in [1.54, 1.807) is 25.1 Å². The largest absolute Gasteiger partial charge is 0.573 e. The second kappa shape index (κ2) is 7.67. The van der Waals surface area contributed by atoms with Crippen LogP contribution in [0, 0.1) is 0 Å². The van der Waals surface area contributed by atoms with Gasteiger partial charge in [-0.2, -0.15) is 0 Å². The van der Waals surface area contributed by atoms with Crippen LogP contribution in [0.25, 0.3) is 10.4 Å². The maximum atomic E-state index is 12.3. The molecule has 1 heterocycles. The van der Waals surface area contributed by atoms with E-state index >= 15 is 0 Å². The SMILES string of the molecule is CCOC(=O)C[C@H](N)c1ccc(-c2cccc(OC(F)(F)F)c2)s1. The minimum Gasteiger partial charge on any atom is -0.466 e. The van der Waals surface area contributed by atoms with Crippen molar-refractivity contribution in [2.75, 3.05) is 6.61 Å². The zero-order chi connectivity index (χ0) is 17.7. The zero-order valence-corrected chi connectivity index (χ0v) is 13.6. The third-order valence-electron chi connectivity index (χ3n) is 3.04. The lowest BCUT2D eigenvalue weighted by Crippen LogP contribution is -2.17. The average Bonchev–Trinajstić information content (AvgIpc) is 2.95. The predicted molar refractivity (Wildman–Crippen MR) is 84.6 cm³/mol. The van der Waals surface area contributed by atoms with Crippen LogP contribution in [-0.2, 0) is 9.53 Å². The highest BCUT2D eigenvalue weighted by Crippen LogP contribution is 2.34. The summed E-state index contributed by atoms with van der Waals surface area (Å²) in [5.41, 5.74) is 6.55. The van der Waals surface area contributed by atoms with Crippen molar-refractivity contribution in [3.8, 4) is 16.2 Å². The molecular formula is C16H16F3NO3S. The van der Waals surface area contributed by atoms with Crippen LogP contribution in [0.1, 0.15) is 24.3 Å². The first-order chi connectivity index (χ1) is 11.3. The molecule has 1 aromatic carbocycles. The molecule has 0 saturated carbocycles. The summed E-state index contributed by atoms with van der Waals surface area (Å²) in [4.78, 5) is 12.9. The Kier molecular flexibility index (Phi) is 5.84. The zero-order valence-electron chi connectivity index (χ0n) is 12.8. The second-order valence-corrected chi connectivity index (χ2v) is 6.01. The van der Waals surface area contributed by atoms with Crippen LogP contribution in [0.3, 0.4) is 0 Å². The van der Waals surface area contributed by atoms with Crippen molar-refractivity contribution in [2.24, 2.45) is 5.73 Å². The van der Waals surface area contributed by atoms with Crippen molar-refractivity contribution in [3.63, 3.8) is 0 Å². The highest BCUT2D eigenvalue weighted by Gasteiger charge is 2.31.